The molecule has 1 saturated heterocycles. The van der Waals surface area contributed by atoms with Gasteiger partial charge in [0.15, 0.2) is 0 Å². The zero-order valence-electron chi connectivity index (χ0n) is 19.5. The molecule has 4 aromatic rings. The van der Waals surface area contributed by atoms with Crippen LogP contribution < -0.4 is 10.6 Å². The molecule has 2 aromatic carbocycles. The summed E-state index contributed by atoms with van der Waals surface area (Å²) in [6.45, 7) is 4.88. The van der Waals surface area contributed by atoms with E-state index in [0.29, 0.717) is 46.4 Å². The van der Waals surface area contributed by atoms with E-state index in [1.807, 2.05) is 29.2 Å². The summed E-state index contributed by atoms with van der Waals surface area (Å²) in [5, 5.41) is 6.68. The Kier molecular flexibility index (Phi) is 6.39. The molecule has 2 aromatic heterocycles. The molecule has 0 bridgehead atoms. The minimum atomic E-state index is -0.309. The highest BCUT2D eigenvalue weighted by atomic mass is 32.1. The molecule has 0 radical (unpaired) electrons. The lowest BCUT2D eigenvalue weighted by Gasteiger charge is -2.32. The van der Waals surface area contributed by atoms with E-state index < -0.39 is 0 Å². The highest BCUT2D eigenvalue weighted by Gasteiger charge is 2.22. The van der Waals surface area contributed by atoms with Gasteiger partial charge in [-0.3, -0.25) is 14.6 Å². The SMILES string of the molecule is Cc1nsc(Nc2cnc3ccccc3n2)c1C(=O)Nc1cccc(C(=O)N2CCN(C)CC2)c1. The first-order valence-electron chi connectivity index (χ1n) is 11.3. The maximum atomic E-state index is 13.2. The molecule has 0 spiro atoms. The van der Waals surface area contributed by atoms with E-state index in [9.17, 15) is 9.59 Å². The molecule has 9 nitrogen and oxygen atoms in total. The first-order chi connectivity index (χ1) is 17.0. The number of benzene rings is 2. The summed E-state index contributed by atoms with van der Waals surface area (Å²) in [5.74, 6) is 0.192. The third-order valence-electron chi connectivity index (χ3n) is 5.94. The van der Waals surface area contributed by atoms with Gasteiger partial charge in [-0.05, 0) is 55.8 Å². The van der Waals surface area contributed by atoms with E-state index in [-0.39, 0.29) is 11.8 Å². The topological polar surface area (TPSA) is 103 Å². The van der Waals surface area contributed by atoms with Gasteiger partial charge in [0, 0.05) is 37.4 Å². The van der Waals surface area contributed by atoms with Crippen LogP contribution in [0.5, 0.6) is 0 Å². The van der Waals surface area contributed by atoms with Gasteiger partial charge in [0.1, 0.15) is 10.8 Å². The Morgan fingerprint density at radius 2 is 1.77 bits per heavy atom. The van der Waals surface area contributed by atoms with E-state index in [1.54, 1.807) is 37.4 Å². The number of piperazine rings is 1. The Bertz CT molecular complexity index is 1400. The normalized spacial score (nSPS) is 14.2. The summed E-state index contributed by atoms with van der Waals surface area (Å²) in [5.41, 5.74) is 3.69. The molecule has 0 saturated carbocycles. The Morgan fingerprint density at radius 3 is 2.57 bits per heavy atom. The van der Waals surface area contributed by atoms with Crippen molar-refractivity contribution in [3.05, 3.63) is 71.5 Å². The highest BCUT2D eigenvalue weighted by molar-refractivity contribution is 7.10. The van der Waals surface area contributed by atoms with E-state index >= 15 is 0 Å². The third-order valence-corrected chi connectivity index (χ3v) is 6.79. The number of hydrogen-bond donors (Lipinski definition) is 2. The summed E-state index contributed by atoms with van der Waals surface area (Å²) in [6, 6.07) is 14.6. The number of fused-ring (bicyclic) bond motifs is 1. The maximum absolute atomic E-state index is 13.2. The van der Waals surface area contributed by atoms with Gasteiger partial charge in [0.2, 0.25) is 0 Å². The number of rotatable bonds is 5. The fourth-order valence-electron chi connectivity index (χ4n) is 3.97. The van der Waals surface area contributed by atoms with Crippen LogP contribution in [0.15, 0.2) is 54.7 Å². The minimum Gasteiger partial charge on any atom is -0.336 e. The van der Waals surface area contributed by atoms with Gasteiger partial charge < -0.3 is 20.4 Å². The lowest BCUT2D eigenvalue weighted by atomic mass is 10.1. The Hall–Kier alpha value is -3.89. The van der Waals surface area contributed by atoms with Crippen molar-refractivity contribution in [2.24, 2.45) is 0 Å². The molecular weight excluding hydrogens is 462 g/mol. The number of hydrogen-bond acceptors (Lipinski definition) is 8. The van der Waals surface area contributed by atoms with Gasteiger partial charge in [0.05, 0.1) is 28.5 Å². The summed E-state index contributed by atoms with van der Waals surface area (Å²) >= 11 is 1.19. The fraction of sp³-hybridized carbons (Fsp3) is 0.240. The van der Waals surface area contributed by atoms with Gasteiger partial charge in [-0.1, -0.05) is 18.2 Å². The molecule has 1 aliphatic rings. The van der Waals surface area contributed by atoms with E-state index in [0.717, 1.165) is 24.1 Å². The first-order valence-corrected chi connectivity index (χ1v) is 12.1. The van der Waals surface area contributed by atoms with Gasteiger partial charge in [-0.25, -0.2) is 4.98 Å². The van der Waals surface area contributed by atoms with Crippen molar-refractivity contribution in [1.29, 1.82) is 0 Å². The molecule has 3 heterocycles. The number of amides is 2. The van der Waals surface area contributed by atoms with E-state index in [1.165, 1.54) is 11.5 Å². The van der Waals surface area contributed by atoms with Crippen LogP contribution in [0, 0.1) is 6.92 Å². The summed E-state index contributed by atoms with van der Waals surface area (Å²) in [7, 11) is 2.05. The number of nitrogens with one attached hydrogen (secondary N) is 2. The molecule has 2 N–H and O–H groups in total. The monoisotopic (exact) mass is 487 g/mol. The van der Waals surface area contributed by atoms with Crippen LogP contribution in [0.25, 0.3) is 11.0 Å². The zero-order chi connectivity index (χ0) is 24.4. The average molecular weight is 488 g/mol. The van der Waals surface area contributed by atoms with Crippen LogP contribution in [0.2, 0.25) is 0 Å². The van der Waals surface area contributed by atoms with Crippen molar-refractivity contribution in [2.75, 3.05) is 43.9 Å². The van der Waals surface area contributed by atoms with E-state index in [2.05, 4.69) is 36.9 Å². The predicted molar refractivity (Wildman–Crippen MR) is 137 cm³/mol. The quantitative estimate of drug-likeness (QED) is 0.442. The fourth-order valence-corrected chi connectivity index (χ4v) is 4.77. The lowest BCUT2D eigenvalue weighted by Crippen LogP contribution is -2.47. The van der Waals surface area contributed by atoms with E-state index in [4.69, 9.17) is 0 Å². The molecule has 178 valence electrons. The number of likely N-dealkylation sites (N-methyl/N-ethyl adjacent to an activating group) is 1. The minimum absolute atomic E-state index is 0.0280. The van der Waals surface area contributed by atoms with Gasteiger partial charge in [-0.15, -0.1) is 0 Å². The largest absolute Gasteiger partial charge is 0.336 e. The van der Waals surface area contributed by atoms with Crippen LogP contribution in [0.1, 0.15) is 26.4 Å². The highest BCUT2D eigenvalue weighted by Crippen LogP contribution is 2.29. The predicted octanol–water partition coefficient (Wildman–Crippen LogP) is 3.78. The van der Waals surface area contributed by atoms with Gasteiger partial charge >= 0.3 is 0 Å². The van der Waals surface area contributed by atoms with Crippen LogP contribution in [-0.2, 0) is 0 Å². The number of nitrogens with zero attached hydrogens (tertiary/aromatic N) is 5. The van der Waals surface area contributed by atoms with Crippen molar-refractivity contribution in [2.45, 2.75) is 6.92 Å². The van der Waals surface area contributed by atoms with Gasteiger partial charge in [-0.2, -0.15) is 4.37 Å². The molecule has 10 heteroatoms. The maximum Gasteiger partial charge on any atom is 0.260 e. The summed E-state index contributed by atoms with van der Waals surface area (Å²) < 4.78 is 4.36. The number of para-hydroxylation sites is 2. The van der Waals surface area contributed by atoms with Crippen molar-refractivity contribution in [3.8, 4) is 0 Å². The average Bonchev–Trinajstić information content (AvgIpc) is 3.24. The number of aryl methyl sites for hydroxylation is 1. The third kappa shape index (κ3) is 4.98. The number of carbonyl (C=O) groups excluding carboxylic acids is 2. The molecule has 1 aliphatic heterocycles. The standard InChI is InChI=1S/C25H25N7O2S/c1-16-22(24(35-30-16)29-21-15-26-19-8-3-4-9-20(19)28-21)23(33)27-18-7-5-6-17(14-18)25(34)32-12-10-31(2)11-13-32/h3-9,14-15H,10-13H2,1-2H3,(H,27,33)(H,28,29). The molecule has 0 aliphatic carbocycles. The van der Waals surface area contributed by atoms with Crippen molar-refractivity contribution >= 4 is 50.9 Å². The Morgan fingerprint density at radius 1 is 1.00 bits per heavy atom. The lowest BCUT2D eigenvalue weighted by molar-refractivity contribution is 0.0664. The van der Waals surface area contributed by atoms with Crippen molar-refractivity contribution < 1.29 is 9.59 Å². The Labute approximate surface area is 207 Å². The van der Waals surface area contributed by atoms with Gasteiger partial charge in [0.25, 0.3) is 11.8 Å². The van der Waals surface area contributed by atoms with Crippen LogP contribution >= 0.6 is 11.5 Å². The smallest absolute Gasteiger partial charge is 0.260 e. The molecule has 5 rings (SSSR count). The molecule has 35 heavy (non-hydrogen) atoms. The molecule has 0 unspecified atom stereocenters. The second kappa shape index (κ2) is 9.77. The second-order valence-corrected chi connectivity index (χ2v) is 9.24. The Balaban J connectivity index is 1.33. The summed E-state index contributed by atoms with van der Waals surface area (Å²) in [6.07, 6.45) is 1.63. The van der Waals surface area contributed by atoms with Crippen LogP contribution in [0.4, 0.5) is 16.5 Å². The van der Waals surface area contributed by atoms with Crippen molar-refractivity contribution in [3.63, 3.8) is 0 Å². The number of aromatic nitrogens is 3. The summed E-state index contributed by atoms with van der Waals surface area (Å²) in [4.78, 5) is 39.2. The molecule has 2 amide bonds. The zero-order valence-corrected chi connectivity index (χ0v) is 20.3. The second-order valence-electron chi connectivity index (χ2n) is 8.47. The van der Waals surface area contributed by atoms with Crippen molar-refractivity contribution in [1.82, 2.24) is 24.1 Å². The number of anilines is 3. The molecule has 1 fully saturated rings. The molecule has 0 atom stereocenters. The van der Waals surface area contributed by atoms with Crippen LogP contribution in [-0.4, -0.2) is 69.2 Å². The number of carbonyl (C=O) groups is 2. The molecular formula is C25H25N7O2S. The first kappa shape index (κ1) is 22.9. The van der Waals surface area contributed by atoms with Crippen LogP contribution in [0.3, 0.4) is 0 Å².